The quantitative estimate of drug-likeness (QED) is 0.265. The second kappa shape index (κ2) is 9.55. The van der Waals surface area contributed by atoms with Crippen molar-refractivity contribution in [2.75, 3.05) is 6.61 Å². The molecule has 200 valence electrons. The van der Waals surface area contributed by atoms with Gasteiger partial charge >= 0.3 is 10.2 Å². The highest BCUT2D eigenvalue weighted by Gasteiger charge is 2.65. The molecule has 0 bridgehead atoms. The molecule has 1 amide bonds. The summed E-state index contributed by atoms with van der Waals surface area (Å²) in [6.45, 7) is 0.761. The molecule has 3 aromatic carbocycles. The maximum absolute atomic E-state index is 12.9. The van der Waals surface area contributed by atoms with Crippen LogP contribution in [-0.4, -0.2) is 18.1 Å². The Morgan fingerprint density at radius 1 is 0.947 bits per heavy atom. The number of benzene rings is 3. The number of hydrogen-bond acceptors (Lipinski definition) is 5. The van der Waals surface area contributed by atoms with Crippen molar-refractivity contribution in [1.82, 2.24) is 5.32 Å². The fourth-order valence-corrected chi connectivity index (χ4v) is 4.05. The molecule has 0 fully saturated rings. The summed E-state index contributed by atoms with van der Waals surface area (Å²) in [5, 5.41) is 21.7. The number of carbonyl (C=O) groups is 1. The first-order chi connectivity index (χ1) is 17.4. The molecular formula is C24H16Cl2F5N3O3S. The molecule has 3 aromatic rings. The van der Waals surface area contributed by atoms with Gasteiger partial charge in [-0.25, -0.2) is 0 Å². The molecule has 0 unspecified atom stereocenters. The lowest BCUT2D eigenvalue weighted by Crippen LogP contribution is -2.49. The lowest BCUT2D eigenvalue weighted by molar-refractivity contribution is 0.0900. The number of rotatable bonds is 8. The molecule has 0 saturated heterocycles. The third kappa shape index (κ3) is 7.19. The van der Waals surface area contributed by atoms with Gasteiger partial charge in [-0.3, -0.25) is 4.79 Å². The van der Waals surface area contributed by atoms with E-state index in [-0.39, 0.29) is 40.0 Å². The van der Waals surface area contributed by atoms with Crippen molar-refractivity contribution in [3.63, 3.8) is 0 Å². The van der Waals surface area contributed by atoms with Gasteiger partial charge in [0.05, 0.1) is 22.7 Å². The van der Waals surface area contributed by atoms with Crippen molar-refractivity contribution < 1.29 is 33.7 Å². The molecule has 0 aromatic heterocycles. The second-order valence-corrected chi connectivity index (χ2v) is 11.4. The summed E-state index contributed by atoms with van der Waals surface area (Å²) < 4.78 is 76.1. The predicted molar refractivity (Wildman–Crippen MR) is 133 cm³/mol. The minimum Gasteiger partial charge on any atom is -0.486 e. The third-order valence-electron chi connectivity index (χ3n) is 4.90. The van der Waals surface area contributed by atoms with Crippen LogP contribution < -0.4 is 14.8 Å². The van der Waals surface area contributed by atoms with Gasteiger partial charge in [0.1, 0.15) is 17.3 Å². The molecule has 3 rings (SSSR count). The lowest BCUT2D eigenvalue weighted by Gasteiger charge is -2.40. The van der Waals surface area contributed by atoms with Crippen molar-refractivity contribution in [2.24, 2.45) is 0 Å². The number of amides is 1. The molecule has 0 aliphatic heterocycles. The monoisotopic (exact) mass is 591 g/mol. The molecule has 0 aliphatic rings. The molecular weight excluding hydrogens is 576 g/mol. The molecule has 14 heteroatoms. The predicted octanol–water partition coefficient (Wildman–Crippen LogP) is 8.41. The van der Waals surface area contributed by atoms with Gasteiger partial charge in [-0.15, -0.1) is 0 Å². The average Bonchev–Trinajstić information content (AvgIpc) is 2.83. The zero-order valence-corrected chi connectivity index (χ0v) is 21.5. The smallest absolute Gasteiger partial charge is 0.310 e. The fraction of sp³-hybridized carbons (Fsp3) is 0.125. The van der Waals surface area contributed by atoms with E-state index in [4.69, 9.17) is 32.7 Å². The van der Waals surface area contributed by atoms with Crippen molar-refractivity contribution in [1.29, 1.82) is 10.5 Å². The van der Waals surface area contributed by atoms with Gasteiger partial charge in [-0.2, -0.15) is 10.5 Å². The van der Waals surface area contributed by atoms with E-state index < -0.39 is 38.7 Å². The lowest BCUT2D eigenvalue weighted by atomic mass is 10.0. The van der Waals surface area contributed by atoms with Crippen molar-refractivity contribution in [3.8, 4) is 29.4 Å². The molecule has 1 N–H and O–H groups in total. The van der Waals surface area contributed by atoms with Crippen LogP contribution in [0.5, 0.6) is 17.2 Å². The molecule has 1 atom stereocenters. The Morgan fingerprint density at radius 3 is 2.13 bits per heavy atom. The van der Waals surface area contributed by atoms with E-state index in [0.29, 0.717) is 17.2 Å². The van der Waals surface area contributed by atoms with Crippen molar-refractivity contribution >= 4 is 39.3 Å². The highest BCUT2D eigenvalue weighted by atomic mass is 35.5. The van der Waals surface area contributed by atoms with Crippen LogP contribution in [0.2, 0.25) is 10.0 Å². The number of halogens is 7. The second-order valence-electron chi connectivity index (χ2n) is 8.13. The summed E-state index contributed by atoms with van der Waals surface area (Å²) in [5.41, 5.74) is -1.96. The van der Waals surface area contributed by atoms with Crippen molar-refractivity contribution in [2.45, 2.75) is 17.4 Å². The van der Waals surface area contributed by atoms with E-state index in [1.807, 2.05) is 12.1 Å². The SMILES string of the molecule is C[C@](C#N)(COc1cc(C#N)ccc1Oc1ccc(Cl)cc1Cl)NC(=O)c1ccc(S(F)(F)(F)(F)F)cc1. The molecule has 0 spiro atoms. The van der Waals surface area contributed by atoms with E-state index in [2.05, 4.69) is 5.32 Å². The zero-order valence-electron chi connectivity index (χ0n) is 19.2. The number of nitrogens with one attached hydrogen (secondary N) is 1. The Labute approximate surface area is 223 Å². The van der Waals surface area contributed by atoms with Crippen molar-refractivity contribution in [3.05, 3.63) is 81.8 Å². The largest absolute Gasteiger partial charge is 0.486 e. The molecule has 6 nitrogen and oxygen atoms in total. The number of carbonyl (C=O) groups excluding carboxylic acids is 1. The Balaban J connectivity index is 1.80. The zero-order chi connectivity index (χ0) is 28.4. The van der Waals surface area contributed by atoms with E-state index in [9.17, 15) is 34.7 Å². The van der Waals surface area contributed by atoms with Gasteiger partial charge in [0.2, 0.25) is 0 Å². The Morgan fingerprint density at radius 2 is 1.58 bits per heavy atom. The molecule has 0 saturated carbocycles. The van der Waals surface area contributed by atoms with Gasteiger partial charge in [0, 0.05) is 16.7 Å². The minimum absolute atomic E-state index is 0.00558. The summed E-state index contributed by atoms with van der Waals surface area (Å²) in [6, 6.07) is 13.7. The highest BCUT2D eigenvalue weighted by Crippen LogP contribution is 3.02. The molecule has 0 aliphatic carbocycles. The summed E-state index contributed by atoms with van der Waals surface area (Å²) in [7, 11) is -9.91. The van der Waals surface area contributed by atoms with Crippen LogP contribution in [0, 0.1) is 22.7 Å². The van der Waals surface area contributed by atoms with Gasteiger partial charge in [0.15, 0.2) is 17.0 Å². The number of hydrogen-bond donors (Lipinski definition) is 1. The van der Waals surface area contributed by atoms with Crippen LogP contribution in [0.4, 0.5) is 19.4 Å². The van der Waals surface area contributed by atoms with Gasteiger partial charge in [-0.05, 0) is 61.5 Å². The third-order valence-corrected chi connectivity index (χ3v) is 6.59. The van der Waals surface area contributed by atoms with Crippen LogP contribution in [-0.2, 0) is 0 Å². The first-order valence-electron chi connectivity index (χ1n) is 10.3. The van der Waals surface area contributed by atoms with Crippen LogP contribution in [0.15, 0.2) is 65.6 Å². The minimum atomic E-state index is -9.91. The van der Waals surface area contributed by atoms with E-state index in [1.165, 1.54) is 43.3 Å². The first kappa shape index (κ1) is 28.9. The Kier molecular flexibility index (Phi) is 7.25. The maximum atomic E-state index is 12.9. The number of ether oxygens (including phenoxy) is 2. The standard InChI is InChI=1S/C24H16Cl2F5N3O3S/c1-24(13-33,34-23(35)16-3-6-18(7-4-16)38(27,28,29,30)31)14-36-22-10-15(12-32)2-8-21(22)37-20-9-5-17(25)11-19(20)26/h2-11H,14H2,1H3,(H,34,35)/t24-/m0/s1. The normalized spacial score (nSPS) is 14.6. The van der Waals surface area contributed by atoms with E-state index in [1.54, 1.807) is 0 Å². The van der Waals surface area contributed by atoms with Gasteiger partial charge < -0.3 is 14.8 Å². The summed E-state index contributed by atoms with van der Waals surface area (Å²) in [6.07, 6.45) is 0. The highest BCUT2D eigenvalue weighted by molar-refractivity contribution is 8.45. The van der Waals surface area contributed by atoms with Crippen LogP contribution in [0.1, 0.15) is 22.8 Å². The Bertz CT molecular complexity index is 1490. The van der Waals surface area contributed by atoms with E-state index >= 15 is 0 Å². The van der Waals surface area contributed by atoms with Crippen LogP contribution >= 0.6 is 33.4 Å². The summed E-state index contributed by atoms with van der Waals surface area (Å²) >= 11 is 12.0. The molecule has 0 radical (unpaired) electrons. The fourth-order valence-electron chi connectivity index (χ4n) is 2.96. The molecule has 38 heavy (non-hydrogen) atoms. The topological polar surface area (TPSA) is 95.1 Å². The van der Waals surface area contributed by atoms with Gasteiger partial charge in [-0.1, -0.05) is 42.6 Å². The first-order valence-corrected chi connectivity index (χ1v) is 13.0. The average molecular weight is 592 g/mol. The molecule has 0 heterocycles. The van der Waals surface area contributed by atoms with Gasteiger partial charge in [0.25, 0.3) is 5.91 Å². The van der Waals surface area contributed by atoms with E-state index in [0.717, 1.165) is 0 Å². The van der Waals surface area contributed by atoms with Crippen LogP contribution in [0.25, 0.3) is 0 Å². The van der Waals surface area contributed by atoms with Crippen LogP contribution in [0.3, 0.4) is 0 Å². The number of nitriles is 2. The summed E-state index contributed by atoms with van der Waals surface area (Å²) in [4.78, 5) is 10.4. The number of nitrogens with zero attached hydrogens (tertiary/aromatic N) is 2. The maximum Gasteiger partial charge on any atom is 0.310 e. The summed E-state index contributed by atoms with van der Waals surface area (Å²) in [5.74, 6) is -0.698. The Hall–Kier alpha value is -3.71.